The molecule has 0 fully saturated rings. The van der Waals surface area contributed by atoms with Crippen LogP contribution < -0.4 is 0 Å². The quantitative estimate of drug-likeness (QED) is 0.602. The first-order valence-corrected chi connectivity index (χ1v) is 7.28. The Morgan fingerprint density at radius 1 is 0.909 bits per heavy atom. The van der Waals surface area contributed by atoms with Gasteiger partial charge in [0.15, 0.2) is 0 Å². The van der Waals surface area contributed by atoms with Gasteiger partial charge < -0.3 is 9.47 Å². The number of esters is 1. The van der Waals surface area contributed by atoms with E-state index >= 15 is 0 Å². The maximum absolute atomic E-state index is 12.4. The van der Waals surface area contributed by atoms with Gasteiger partial charge in [-0.15, -0.1) is 0 Å². The highest BCUT2D eigenvalue weighted by Crippen LogP contribution is 2.27. The third-order valence-electron chi connectivity index (χ3n) is 3.24. The number of carbonyl (C=O) groups excluding carboxylic acids is 1. The summed E-state index contributed by atoms with van der Waals surface area (Å²) < 4.78 is 10.4. The Balaban J connectivity index is 2.63. The van der Waals surface area contributed by atoms with E-state index < -0.39 is 0 Å². The lowest BCUT2D eigenvalue weighted by molar-refractivity contribution is -0.139. The third-order valence-corrected chi connectivity index (χ3v) is 3.24. The Morgan fingerprint density at radius 3 is 1.82 bits per heavy atom. The average molecular weight is 296 g/mol. The number of benzene rings is 2. The molecule has 0 aliphatic carbocycles. The highest BCUT2D eigenvalue weighted by Gasteiger charge is 2.19. The van der Waals surface area contributed by atoms with Crippen molar-refractivity contribution < 1.29 is 14.3 Å². The fraction of sp³-hybridized carbons (Fsp3) is 0.211. The van der Waals surface area contributed by atoms with Crippen molar-refractivity contribution in [1.29, 1.82) is 0 Å². The summed E-state index contributed by atoms with van der Waals surface area (Å²) in [6.45, 7) is 2.34. The molecule has 0 heterocycles. The molecular weight excluding hydrogens is 276 g/mol. The standard InChI is InChI=1S/C19H20O3/c1-3-22-19(20)17(14-21-2)18(15-10-6-4-7-11-15)16-12-8-5-9-13-16/h4-13H,3,14H2,1-2H3. The smallest absolute Gasteiger partial charge is 0.337 e. The molecule has 22 heavy (non-hydrogen) atoms. The number of hydrogen-bond donors (Lipinski definition) is 0. The zero-order valence-electron chi connectivity index (χ0n) is 12.9. The number of hydrogen-bond acceptors (Lipinski definition) is 3. The van der Waals surface area contributed by atoms with Crippen molar-refractivity contribution in [2.75, 3.05) is 20.3 Å². The maximum atomic E-state index is 12.4. The van der Waals surface area contributed by atoms with Gasteiger partial charge in [0, 0.05) is 12.7 Å². The Kier molecular flexibility index (Phi) is 5.92. The molecule has 0 aliphatic rings. The van der Waals surface area contributed by atoms with Crippen molar-refractivity contribution >= 4 is 11.5 Å². The number of carbonyl (C=O) groups is 1. The van der Waals surface area contributed by atoms with Crippen LogP contribution in [-0.4, -0.2) is 26.3 Å². The van der Waals surface area contributed by atoms with Gasteiger partial charge in [0.2, 0.25) is 0 Å². The maximum Gasteiger partial charge on any atom is 0.337 e. The molecule has 0 spiro atoms. The Morgan fingerprint density at radius 2 is 1.41 bits per heavy atom. The molecule has 0 N–H and O–H groups in total. The molecule has 0 aliphatic heterocycles. The summed E-state index contributed by atoms with van der Waals surface area (Å²) in [6.07, 6.45) is 0. The summed E-state index contributed by atoms with van der Waals surface area (Å²) in [5, 5.41) is 0. The molecule has 2 aromatic rings. The second-order valence-electron chi connectivity index (χ2n) is 4.74. The second-order valence-corrected chi connectivity index (χ2v) is 4.74. The lowest BCUT2D eigenvalue weighted by Gasteiger charge is -2.15. The average Bonchev–Trinajstić information content (AvgIpc) is 2.56. The van der Waals surface area contributed by atoms with E-state index in [0.717, 1.165) is 16.7 Å². The molecule has 3 heteroatoms. The van der Waals surface area contributed by atoms with Crippen LogP contribution in [0.4, 0.5) is 0 Å². The van der Waals surface area contributed by atoms with Crippen LogP contribution in [0.5, 0.6) is 0 Å². The summed E-state index contributed by atoms with van der Waals surface area (Å²) in [5.41, 5.74) is 3.31. The molecule has 0 saturated carbocycles. The lowest BCUT2D eigenvalue weighted by atomic mass is 9.93. The number of rotatable bonds is 6. The van der Waals surface area contributed by atoms with Crippen molar-refractivity contribution in [2.24, 2.45) is 0 Å². The van der Waals surface area contributed by atoms with Crippen LogP contribution >= 0.6 is 0 Å². The van der Waals surface area contributed by atoms with Crippen LogP contribution in [0.25, 0.3) is 5.57 Å². The van der Waals surface area contributed by atoms with Crippen molar-refractivity contribution in [3.8, 4) is 0 Å². The molecule has 0 aromatic heterocycles. The van der Waals surface area contributed by atoms with Crippen LogP contribution in [0.15, 0.2) is 66.2 Å². The lowest BCUT2D eigenvalue weighted by Crippen LogP contribution is -2.14. The van der Waals surface area contributed by atoms with Gasteiger partial charge in [-0.25, -0.2) is 4.79 Å². The minimum Gasteiger partial charge on any atom is -0.463 e. The minimum absolute atomic E-state index is 0.206. The van der Waals surface area contributed by atoms with Crippen molar-refractivity contribution in [3.63, 3.8) is 0 Å². The predicted octanol–water partition coefficient (Wildman–Crippen LogP) is 3.70. The van der Waals surface area contributed by atoms with Crippen LogP contribution in [0.2, 0.25) is 0 Å². The van der Waals surface area contributed by atoms with Gasteiger partial charge in [-0.1, -0.05) is 60.7 Å². The number of ether oxygens (including phenoxy) is 2. The molecule has 2 rings (SSSR count). The second kappa shape index (κ2) is 8.15. The van der Waals surface area contributed by atoms with Crippen LogP contribution in [0.1, 0.15) is 18.1 Å². The molecule has 0 atom stereocenters. The van der Waals surface area contributed by atoms with Crippen LogP contribution in [0.3, 0.4) is 0 Å². The highest BCUT2D eigenvalue weighted by atomic mass is 16.5. The molecule has 0 radical (unpaired) electrons. The van der Waals surface area contributed by atoms with Gasteiger partial charge in [0.05, 0.1) is 18.8 Å². The van der Waals surface area contributed by atoms with E-state index in [9.17, 15) is 4.79 Å². The van der Waals surface area contributed by atoms with Gasteiger partial charge in [-0.3, -0.25) is 0 Å². The largest absolute Gasteiger partial charge is 0.463 e. The summed E-state index contributed by atoms with van der Waals surface area (Å²) in [5.74, 6) is -0.341. The van der Waals surface area contributed by atoms with E-state index in [1.807, 2.05) is 60.7 Å². The van der Waals surface area contributed by atoms with E-state index in [1.165, 1.54) is 0 Å². The van der Waals surface area contributed by atoms with Crippen molar-refractivity contribution in [1.82, 2.24) is 0 Å². The molecule has 2 aromatic carbocycles. The number of methoxy groups -OCH3 is 1. The van der Waals surface area contributed by atoms with E-state index in [2.05, 4.69) is 0 Å². The topological polar surface area (TPSA) is 35.5 Å². The van der Waals surface area contributed by atoms with Gasteiger partial charge in [0.25, 0.3) is 0 Å². The molecule has 114 valence electrons. The zero-order chi connectivity index (χ0) is 15.8. The van der Waals surface area contributed by atoms with Crippen molar-refractivity contribution in [3.05, 3.63) is 77.4 Å². The molecule has 0 saturated heterocycles. The Labute approximate surface area is 131 Å². The van der Waals surface area contributed by atoms with Gasteiger partial charge >= 0.3 is 5.97 Å². The monoisotopic (exact) mass is 296 g/mol. The summed E-state index contributed by atoms with van der Waals surface area (Å²) >= 11 is 0. The normalized spacial score (nSPS) is 10.1. The first-order valence-electron chi connectivity index (χ1n) is 7.28. The minimum atomic E-state index is -0.341. The fourth-order valence-electron chi connectivity index (χ4n) is 2.32. The van der Waals surface area contributed by atoms with E-state index in [4.69, 9.17) is 9.47 Å². The Bertz CT molecular complexity index is 589. The fourth-order valence-corrected chi connectivity index (χ4v) is 2.32. The SMILES string of the molecule is CCOC(=O)C(COC)=C(c1ccccc1)c1ccccc1. The van der Waals surface area contributed by atoms with Gasteiger partial charge in [-0.2, -0.15) is 0 Å². The summed E-state index contributed by atoms with van der Waals surface area (Å²) in [6, 6.07) is 19.6. The Hall–Kier alpha value is -2.39. The van der Waals surface area contributed by atoms with Crippen LogP contribution in [0, 0.1) is 0 Å². The third kappa shape index (κ3) is 3.83. The zero-order valence-corrected chi connectivity index (χ0v) is 12.9. The van der Waals surface area contributed by atoms with Gasteiger partial charge in [-0.05, 0) is 18.1 Å². The van der Waals surface area contributed by atoms with Gasteiger partial charge in [0.1, 0.15) is 0 Å². The molecule has 3 nitrogen and oxygen atoms in total. The molecule has 0 amide bonds. The van der Waals surface area contributed by atoms with Crippen molar-refractivity contribution in [2.45, 2.75) is 6.92 Å². The first-order chi connectivity index (χ1) is 10.8. The van der Waals surface area contributed by atoms with E-state index in [1.54, 1.807) is 14.0 Å². The molecule has 0 bridgehead atoms. The molecular formula is C19H20O3. The first kappa shape index (κ1) is 16.0. The predicted molar refractivity (Wildman–Crippen MR) is 87.4 cm³/mol. The van der Waals surface area contributed by atoms with E-state index in [0.29, 0.717) is 12.2 Å². The highest BCUT2D eigenvalue weighted by molar-refractivity contribution is 6.02. The summed E-state index contributed by atoms with van der Waals surface area (Å²) in [4.78, 5) is 12.4. The molecule has 0 unspecified atom stereocenters. The van der Waals surface area contributed by atoms with Crippen LogP contribution in [-0.2, 0) is 14.3 Å². The van der Waals surface area contributed by atoms with E-state index in [-0.39, 0.29) is 12.6 Å². The summed E-state index contributed by atoms with van der Waals surface area (Å²) in [7, 11) is 1.58.